The van der Waals surface area contributed by atoms with Crippen molar-refractivity contribution in [2.45, 2.75) is 19.0 Å². The van der Waals surface area contributed by atoms with E-state index in [1.807, 2.05) is 0 Å². The third-order valence-corrected chi connectivity index (χ3v) is 4.83. The number of quaternary nitrogens is 1. The molecule has 0 saturated carbocycles. The van der Waals surface area contributed by atoms with Crippen molar-refractivity contribution in [3.8, 4) is 0 Å². The van der Waals surface area contributed by atoms with Gasteiger partial charge in [-0.2, -0.15) is 13.2 Å². The van der Waals surface area contributed by atoms with Crippen LogP contribution >= 0.6 is 0 Å². The summed E-state index contributed by atoms with van der Waals surface area (Å²) < 4.78 is 42.9. The monoisotopic (exact) mass is 411 g/mol. The first-order valence-electron chi connectivity index (χ1n) is 9.33. The molecule has 0 aliphatic carbocycles. The van der Waals surface area contributed by atoms with Crippen LogP contribution in [0.25, 0.3) is 0 Å². The van der Waals surface area contributed by atoms with Crippen molar-refractivity contribution in [2.24, 2.45) is 0 Å². The molecular formula is C19H22F3N4O3+. The van der Waals surface area contributed by atoms with E-state index in [4.69, 9.17) is 0 Å². The Balaban J connectivity index is 1.69. The number of rotatable bonds is 7. The molecule has 0 spiro atoms. The maximum Gasteiger partial charge on any atom is 0.416 e. The van der Waals surface area contributed by atoms with Gasteiger partial charge in [-0.05, 0) is 24.3 Å². The number of anilines is 1. The van der Waals surface area contributed by atoms with Crippen LogP contribution in [0.2, 0.25) is 0 Å². The molecule has 2 heterocycles. The Labute approximate surface area is 165 Å². The van der Waals surface area contributed by atoms with Gasteiger partial charge < -0.3 is 19.6 Å². The molecule has 0 radical (unpaired) electrons. The second kappa shape index (κ2) is 9.08. The highest BCUT2D eigenvalue weighted by Crippen LogP contribution is 2.29. The largest absolute Gasteiger partial charge is 0.416 e. The zero-order chi connectivity index (χ0) is 20.9. The third-order valence-electron chi connectivity index (χ3n) is 4.83. The van der Waals surface area contributed by atoms with Crippen LogP contribution < -0.4 is 10.2 Å². The van der Waals surface area contributed by atoms with E-state index in [9.17, 15) is 22.8 Å². The maximum atomic E-state index is 12.9. The summed E-state index contributed by atoms with van der Waals surface area (Å²) in [5.74, 6) is -0.731. The van der Waals surface area contributed by atoms with Crippen molar-refractivity contribution in [1.29, 1.82) is 0 Å². The molecule has 156 valence electrons. The number of hydrogen-bond donors (Lipinski definition) is 2. The van der Waals surface area contributed by atoms with Gasteiger partial charge in [0, 0.05) is 24.5 Å². The fourth-order valence-corrected chi connectivity index (χ4v) is 3.29. The standard InChI is InChI=1S/C19H21F3N4O3/c20-19(21,22)15-5-3-14(4-6-15)18(28)26(11-10-25-8-1-2-9-25)13-17(27)23-16-7-12-29-24-16/h3-7,12H,1-2,8-11,13H2,(H,23,24,27)/p+1. The van der Waals surface area contributed by atoms with E-state index in [1.54, 1.807) is 0 Å². The van der Waals surface area contributed by atoms with E-state index >= 15 is 0 Å². The van der Waals surface area contributed by atoms with Gasteiger partial charge in [-0.15, -0.1) is 0 Å². The minimum atomic E-state index is -4.47. The van der Waals surface area contributed by atoms with E-state index in [-0.39, 0.29) is 17.9 Å². The van der Waals surface area contributed by atoms with Gasteiger partial charge in [0.25, 0.3) is 5.91 Å². The van der Waals surface area contributed by atoms with Gasteiger partial charge in [0.05, 0.1) is 31.7 Å². The number of amides is 2. The first-order valence-corrected chi connectivity index (χ1v) is 9.33. The number of aromatic nitrogens is 1. The van der Waals surface area contributed by atoms with Gasteiger partial charge in [-0.1, -0.05) is 5.16 Å². The Morgan fingerprint density at radius 2 is 1.83 bits per heavy atom. The molecule has 1 aliphatic heterocycles. The average molecular weight is 411 g/mol. The van der Waals surface area contributed by atoms with Gasteiger partial charge >= 0.3 is 6.18 Å². The van der Waals surface area contributed by atoms with Gasteiger partial charge in [0.15, 0.2) is 5.82 Å². The summed E-state index contributed by atoms with van der Waals surface area (Å²) in [6, 6.07) is 5.47. The highest BCUT2D eigenvalue weighted by atomic mass is 19.4. The van der Waals surface area contributed by atoms with Gasteiger partial charge in [0.1, 0.15) is 12.8 Å². The topological polar surface area (TPSA) is 79.9 Å². The molecule has 0 bridgehead atoms. The van der Waals surface area contributed by atoms with Crippen molar-refractivity contribution < 1.29 is 32.2 Å². The molecule has 7 nitrogen and oxygen atoms in total. The molecule has 1 aromatic heterocycles. The number of carbonyl (C=O) groups excluding carboxylic acids is 2. The van der Waals surface area contributed by atoms with Crippen LogP contribution in [0.3, 0.4) is 0 Å². The number of hydrogen-bond acceptors (Lipinski definition) is 4. The zero-order valence-corrected chi connectivity index (χ0v) is 15.7. The summed E-state index contributed by atoms with van der Waals surface area (Å²) in [6.07, 6.45) is -0.932. The lowest BCUT2D eigenvalue weighted by Gasteiger charge is -2.24. The summed E-state index contributed by atoms with van der Waals surface area (Å²) in [6.45, 7) is 2.77. The number of benzene rings is 1. The van der Waals surface area contributed by atoms with Crippen molar-refractivity contribution in [1.82, 2.24) is 10.1 Å². The van der Waals surface area contributed by atoms with Crippen LogP contribution in [0.4, 0.5) is 19.0 Å². The number of likely N-dealkylation sites (tertiary alicyclic amines) is 1. The van der Waals surface area contributed by atoms with Crippen LogP contribution in [0.5, 0.6) is 0 Å². The summed E-state index contributed by atoms with van der Waals surface area (Å²) in [5, 5.41) is 6.11. The molecule has 1 aromatic carbocycles. The normalized spacial score (nSPS) is 14.7. The lowest BCUT2D eigenvalue weighted by atomic mass is 10.1. The Morgan fingerprint density at radius 1 is 1.14 bits per heavy atom. The van der Waals surface area contributed by atoms with Gasteiger partial charge in [-0.25, -0.2) is 0 Å². The Hall–Kier alpha value is -2.88. The molecule has 3 rings (SSSR count). The molecular weight excluding hydrogens is 389 g/mol. The molecule has 2 aromatic rings. The third kappa shape index (κ3) is 5.80. The Kier molecular flexibility index (Phi) is 6.53. The Morgan fingerprint density at radius 3 is 2.41 bits per heavy atom. The number of nitrogens with one attached hydrogen (secondary N) is 2. The maximum absolute atomic E-state index is 12.9. The van der Waals surface area contributed by atoms with Crippen LogP contribution in [0.15, 0.2) is 41.1 Å². The number of alkyl halides is 3. The van der Waals surface area contributed by atoms with E-state index in [1.165, 1.54) is 22.1 Å². The summed E-state index contributed by atoms with van der Waals surface area (Å²) in [5.41, 5.74) is -0.727. The van der Waals surface area contributed by atoms with E-state index in [0.29, 0.717) is 13.1 Å². The van der Waals surface area contributed by atoms with Gasteiger partial charge in [0.2, 0.25) is 5.91 Å². The summed E-state index contributed by atoms with van der Waals surface area (Å²) in [7, 11) is 0. The fourth-order valence-electron chi connectivity index (χ4n) is 3.29. The minimum Gasteiger partial charge on any atom is -0.363 e. The molecule has 0 unspecified atom stereocenters. The fraction of sp³-hybridized carbons (Fsp3) is 0.421. The highest BCUT2D eigenvalue weighted by Gasteiger charge is 2.30. The molecule has 0 atom stereocenters. The average Bonchev–Trinajstić information content (AvgIpc) is 3.38. The van der Waals surface area contributed by atoms with Crippen molar-refractivity contribution >= 4 is 17.6 Å². The lowest BCUT2D eigenvalue weighted by Crippen LogP contribution is -3.10. The first kappa shape index (κ1) is 20.8. The van der Waals surface area contributed by atoms with Crippen molar-refractivity contribution in [3.63, 3.8) is 0 Å². The van der Waals surface area contributed by atoms with Crippen LogP contribution in [0, 0.1) is 0 Å². The lowest BCUT2D eigenvalue weighted by molar-refractivity contribution is -0.886. The second-order valence-electron chi connectivity index (χ2n) is 6.94. The van der Waals surface area contributed by atoms with Crippen LogP contribution in [0.1, 0.15) is 28.8 Å². The van der Waals surface area contributed by atoms with Crippen LogP contribution in [-0.2, 0) is 11.0 Å². The van der Waals surface area contributed by atoms with Crippen molar-refractivity contribution in [3.05, 3.63) is 47.7 Å². The molecule has 1 saturated heterocycles. The number of halogens is 3. The first-order chi connectivity index (χ1) is 13.8. The van der Waals surface area contributed by atoms with Crippen molar-refractivity contribution in [2.75, 3.05) is 38.0 Å². The number of carbonyl (C=O) groups is 2. The summed E-state index contributed by atoms with van der Waals surface area (Å²) >= 11 is 0. The van der Waals surface area contributed by atoms with Gasteiger partial charge in [-0.3, -0.25) is 9.59 Å². The van der Waals surface area contributed by atoms with E-state index in [2.05, 4.69) is 15.0 Å². The minimum absolute atomic E-state index is 0.101. The molecule has 2 N–H and O–H groups in total. The predicted octanol–water partition coefficient (Wildman–Crippen LogP) is 1.45. The Bertz CT molecular complexity index is 816. The molecule has 1 fully saturated rings. The van der Waals surface area contributed by atoms with E-state index in [0.717, 1.165) is 50.2 Å². The quantitative estimate of drug-likeness (QED) is 0.723. The SMILES string of the molecule is O=C(CN(CC[NH+]1CCCC1)C(=O)c1ccc(C(F)(F)F)cc1)Nc1ccon1. The van der Waals surface area contributed by atoms with E-state index < -0.39 is 23.6 Å². The molecule has 10 heteroatoms. The molecule has 29 heavy (non-hydrogen) atoms. The molecule has 2 amide bonds. The zero-order valence-electron chi connectivity index (χ0n) is 15.7. The second-order valence-corrected chi connectivity index (χ2v) is 6.94. The molecule has 1 aliphatic rings. The van der Waals surface area contributed by atoms with Crippen LogP contribution in [-0.4, -0.2) is 54.6 Å². The highest BCUT2D eigenvalue weighted by molar-refractivity contribution is 5.99. The summed E-state index contributed by atoms with van der Waals surface area (Å²) in [4.78, 5) is 27.9. The smallest absolute Gasteiger partial charge is 0.363 e. The predicted molar refractivity (Wildman–Crippen MR) is 97.3 cm³/mol. The number of nitrogens with zero attached hydrogens (tertiary/aromatic N) is 2.